The van der Waals surface area contributed by atoms with E-state index in [1.54, 1.807) is 13.2 Å². The molecule has 19 heavy (non-hydrogen) atoms. The molecule has 0 bridgehead atoms. The van der Waals surface area contributed by atoms with Crippen molar-refractivity contribution in [3.05, 3.63) is 47.0 Å². The molecule has 0 amide bonds. The van der Waals surface area contributed by atoms with Crippen molar-refractivity contribution in [2.75, 3.05) is 7.11 Å². The van der Waals surface area contributed by atoms with E-state index in [0.717, 1.165) is 28.2 Å². The van der Waals surface area contributed by atoms with E-state index in [2.05, 4.69) is 29.0 Å². The van der Waals surface area contributed by atoms with Gasteiger partial charge in [-0.3, -0.25) is 0 Å². The number of aromatic amines is 1. The summed E-state index contributed by atoms with van der Waals surface area (Å²) in [5, 5.41) is 0.588. The monoisotopic (exact) mass is 272 g/mol. The number of nitrogens with one attached hydrogen (secondary N) is 1. The molecule has 0 spiro atoms. The largest absolute Gasteiger partial charge is 0.497 e. The number of hydrogen-bond acceptors (Lipinski definition) is 2. The first-order valence-electron chi connectivity index (χ1n) is 5.97. The van der Waals surface area contributed by atoms with Crippen LogP contribution in [0.5, 0.6) is 5.75 Å². The first kappa shape index (κ1) is 12.1. The molecule has 3 aromatic rings. The van der Waals surface area contributed by atoms with E-state index in [9.17, 15) is 0 Å². The summed E-state index contributed by atoms with van der Waals surface area (Å²) in [6.45, 7) is 2.06. The van der Waals surface area contributed by atoms with E-state index in [4.69, 9.17) is 16.3 Å². The van der Waals surface area contributed by atoms with Crippen LogP contribution >= 0.6 is 11.6 Å². The first-order valence-corrected chi connectivity index (χ1v) is 6.35. The van der Waals surface area contributed by atoms with E-state index in [1.165, 1.54) is 5.56 Å². The van der Waals surface area contributed by atoms with Gasteiger partial charge in [-0.25, -0.2) is 4.98 Å². The van der Waals surface area contributed by atoms with E-state index < -0.39 is 0 Å². The lowest BCUT2D eigenvalue weighted by Gasteiger charge is -1.99. The molecule has 0 aliphatic heterocycles. The Morgan fingerprint density at radius 3 is 2.79 bits per heavy atom. The van der Waals surface area contributed by atoms with Crippen molar-refractivity contribution in [1.82, 2.24) is 9.97 Å². The van der Waals surface area contributed by atoms with Crippen molar-refractivity contribution in [3.8, 4) is 17.1 Å². The highest BCUT2D eigenvalue weighted by Gasteiger charge is 2.10. The van der Waals surface area contributed by atoms with Gasteiger partial charge < -0.3 is 9.72 Å². The second-order valence-corrected chi connectivity index (χ2v) is 4.87. The number of benzene rings is 2. The highest BCUT2D eigenvalue weighted by Crippen LogP contribution is 2.30. The van der Waals surface area contributed by atoms with Crippen LogP contribution in [0.2, 0.25) is 5.02 Å². The molecule has 4 heteroatoms. The lowest BCUT2D eigenvalue weighted by Crippen LogP contribution is -1.82. The molecule has 0 aliphatic rings. The van der Waals surface area contributed by atoms with E-state index in [-0.39, 0.29) is 0 Å². The molecule has 0 fully saturated rings. The van der Waals surface area contributed by atoms with Crippen LogP contribution in [0.25, 0.3) is 22.4 Å². The number of ether oxygens (including phenoxy) is 1. The average Bonchev–Trinajstić information content (AvgIpc) is 2.83. The van der Waals surface area contributed by atoms with E-state index in [0.29, 0.717) is 5.02 Å². The van der Waals surface area contributed by atoms with Crippen LogP contribution in [0.1, 0.15) is 5.56 Å². The summed E-state index contributed by atoms with van der Waals surface area (Å²) in [4.78, 5) is 7.84. The zero-order valence-electron chi connectivity index (χ0n) is 10.7. The van der Waals surface area contributed by atoms with Gasteiger partial charge in [0.05, 0.1) is 17.6 Å². The predicted molar refractivity (Wildman–Crippen MR) is 77.8 cm³/mol. The summed E-state index contributed by atoms with van der Waals surface area (Å²) in [5.41, 5.74) is 3.88. The van der Waals surface area contributed by atoms with Gasteiger partial charge in [0.1, 0.15) is 17.1 Å². The van der Waals surface area contributed by atoms with Gasteiger partial charge in [0, 0.05) is 17.7 Å². The Hall–Kier alpha value is -2.00. The fraction of sp³-hybridized carbons (Fsp3) is 0.133. The molecule has 0 unspecified atom stereocenters. The van der Waals surface area contributed by atoms with Gasteiger partial charge in [0.2, 0.25) is 0 Å². The fourth-order valence-corrected chi connectivity index (χ4v) is 2.35. The van der Waals surface area contributed by atoms with Crippen LogP contribution in [0.3, 0.4) is 0 Å². The van der Waals surface area contributed by atoms with Crippen LogP contribution in [0.4, 0.5) is 0 Å². The highest BCUT2D eigenvalue weighted by molar-refractivity contribution is 6.35. The highest BCUT2D eigenvalue weighted by atomic mass is 35.5. The van der Waals surface area contributed by atoms with Crippen molar-refractivity contribution in [2.45, 2.75) is 6.92 Å². The predicted octanol–water partition coefficient (Wildman–Crippen LogP) is 4.20. The third-order valence-electron chi connectivity index (χ3n) is 3.04. The summed E-state index contributed by atoms with van der Waals surface area (Å²) >= 11 is 6.21. The number of H-pyrrole nitrogens is 1. The Morgan fingerprint density at radius 2 is 2.05 bits per heavy atom. The van der Waals surface area contributed by atoms with Gasteiger partial charge in [-0.1, -0.05) is 35.4 Å². The third-order valence-corrected chi connectivity index (χ3v) is 3.33. The van der Waals surface area contributed by atoms with Gasteiger partial charge in [0.25, 0.3) is 0 Å². The maximum atomic E-state index is 6.21. The number of hydrogen-bond donors (Lipinski definition) is 1. The van der Waals surface area contributed by atoms with Crippen molar-refractivity contribution in [3.63, 3.8) is 0 Å². The van der Waals surface area contributed by atoms with Crippen LogP contribution in [-0.4, -0.2) is 17.1 Å². The molecule has 0 aliphatic carbocycles. The van der Waals surface area contributed by atoms with Crippen molar-refractivity contribution in [1.29, 1.82) is 0 Å². The molecule has 1 heterocycles. The first-order chi connectivity index (χ1) is 9.17. The average molecular weight is 273 g/mol. The molecule has 3 rings (SSSR count). The maximum Gasteiger partial charge on any atom is 0.138 e. The van der Waals surface area contributed by atoms with Crippen molar-refractivity contribution < 1.29 is 4.74 Å². The second kappa shape index (κ2) is 4.59. The zero-order chi connectivity index (χ0) is 13.4. The van der Waals surface area contributed by atoms with Gasteiger partial charge in [-0.15, -0.1) is 0 Å². The fourth-order valence-electron chi connectivity index (χ4n) is 2.10. The SMILES string of the molecule is COc1cc(Cl)c2nc(-c3cccc(C)c3)[nH]c2c1. The third kappa shape index (κ3) is 2.17. The van der Waals surface area contributed by atoms with Gasteiger partial charge >= 0.3 is 0 Å². The van der Waals surface area contributed by atoms with Crippen LogP contribution in [-0.2, 0) is 0 Å². The number of imidazole rings is 1. The molecule has 0 saturated carbocycles. The molecule has 0 atom stereocenters. The Kier molecular flexibility index (Phi) is 2.91. The van der Waals surface area contributed by atoms with Crippen LogP contribution in [0.15, 0.2) is 36.4 Å². The van der Waals surface area contributed by atoms with E-state index >= 15 is 0 Å². The lowest BCUT2D eigenvalue weighted by atomic mass is 10.1. The number of nitrogens with zero attached hydrogens (tertiary/aromatic N) is 1. The zero-order valence-corrected chi connectivity index (χ0v) is 11.5. The molecule has 0 radical (unpaired) electrons. The number of methoxy groups -OCH3 is 1. The second-order valence-electron chi connectivity index (χ2n) is 4.46. The molecule has 0 saturated heterocycles. The summed E-state index contributed by atoms with van der Waals surface area (Å²) < 4.78 is 5.20. The topological polar surface area (TPSA) is 37.9 Å². The van der Waals surface area contributed by atoms with Gasteiger partial charge in [-0.05, 0) is 13.0 Å². The summed E-state index contributed by atoms with van der Waals surface area (Å²) in [6, 6.07) is 11.8. The summed E-state index contributed by atoms with van der Waals surface area (Å²) in [7, 11) is 1.62. The number of aryl methyl sites for hydroxylation is 1. The Labute approximate surface area is 116 Å². The minimum atomic E-state index is 0.588. The maximum absolute atomic E-state index is 6.21. The number of fused-ring (bicyclic) bond motifs is 1. The number of aromatic nitrogens is 2. The molecule has 1 aromatic heterocycles. The Balaban J connectivity index is 2.19. The Bertz CT molecular complexity index is 749. The summed E-state index contributed by atoms with van der Waals surface area (Å²) in [6.07, 6.45) is 0. The minimum absolute atomic E-state index is 0.588. The minimum Gasteiger partial charge on any atom is -0.497 e. The van der Waals surface area contributed by atoms with Crippen molar-refractivity contribution in [2.24, 2.45) is 0 Å². The standard InChI is InChI=1S/C15H13ClN2O/c1-9-4-3-5-10(6-9)15-17-13-8-11(19-2)7-12(16)14(13)18-15/h3-8H,1-2H3,(H,17,18). The molecular formula is C15H13ClN2O. The number of rotatable bonds is 2. The van der Waals surface area contributed by atoms with Crippen LogP contribution < -0.4 is 4.74 Å². The smallest absolute Gasteiger partial charge is 0.138 e. The van der Waals surface area contributed by atoms with Gasteiger partial charge in [0.15, 0.2) is 0 Å². The molecule has 3 nitrogen and oxygen atoms in total. The molecular weight excluding hydrogens is 260 g/mol. The van der Waals surface area contributed by atoms with Gasteiger partial charge in [-0.2, -0.15) is 0 Å². The normalized spacial score (nSPS) is 10.9. The van der Waals surface area contributed by atoms with Crippen molar-refractivity contribution >= 4 is 22.6 Å². The molecule has 96 valence electrons. The van der Waals surface area contributed by atoms with E-state index in [1.807, 2.05) is 18.2 Å². The number of halogens is 1. The Morgan fingerprint density at radius 1 is 1.21 bits per heavy atom. The lowest BCUT2D eigenvalue weighted by molar-refractivity contribution is 0.415. The quantitative estimate of drug-likeness (QED) is 0.759. The molecule has 2 aromatic carbocycles. The summed E-state index contributed by atoms with van der Waals surface area (Å²) in [5.74, 6) is 1.53. The molecule has 1 N–H and O–H groups in total. The van der Waals surface area contributed by atoms with Crippen LogP contribution in [0, 0.1) is 6.92 Å².